The van der Waals surface area contributed by atoms with E-state index in [0.29, 0.717) is 18.7 Å². The number of rotatable bonds is 9. The molecule has 6 nitrogen and oxygen atoms in total. The summed E-state index contributed by atoms with van der Waals surface area (Å²) in [6.07, 6.45) is 0.924. The number of ether oxygens (including phenoxy) is 1. The van der Waals surface area contributed by atoms with E-state index in [2.05, 4.69) is 20.9 Å². The largest absolute Gasteiger partial charge is 0.385 e. The van der Waals surface area contributed by atoms with Crippen LogP contribution in [0.15, 0.2) is 29.3 Å². The molecule has 0 spiro atoms. The van der Waals surface area contributed by atoms with Gasteiger partial charge in [-0.25, -0.2) is 4.99 Å². The molecular weight excluding hydrogens is 292 g/mol. The number of nitrogens with zero attached hydrogens (tertiary/aromatic N) is 1. The average molecular weight is 320 g/mol. The van der Waals surface area contributed by atoms with Crippen LogP contribution in [-0.2, 0) is 11.3 Å². The number of guanidine groups is 1. The summed E-state index contributed by atoms with van der Waals surface area (Å²) in [5.74, 6) is 0.718. The van der Waals surface area contributed by atoms with E-state index in [9.17, 15) is 4.79 Å². The molecule has 0 unspecified atom stereocenters. The van der Waals surface area contributed by atoms with Gasteiger partial charge in [-0.05, 0) is 38.0 Å². The van der Waals surface area contributed by atoms with Crippen LogP contribution in [0.25, 0.3) is 0 Å². The minimum absolute atomic E-state index is 0.0528. The van der Waals surface area contributed by atoms with Crippen molar-refractivity contribution in [3.8, 4) is 0 Å². The second-order valence-electron chi connectivity index (χ2n) is 5.03. The van der Waals surface area contributed by atoms with Gasteiger partial charge in [-0.3, -0.25) is 4.79 Å². The number of nitrogens with one attached hydrogen (secondary N) is 3. The maximum atomic E-state index is 11.9. The molecule has 0 bridgehead atoms. The highest BCUT2D eigenvalue weighted by atomic mass is 16.5. The summed E-state index contributed by atoms with van der Waals surface area (Å²) < 4.78 is 5.03. The van der Waals surface area contributed by atoms with Gasteiger partial charge in [0.1, 0.15) is 0 Å². The van der Waals surface area contributed by atoms with E-state index >= 15 is 0 Å². The van der Waals surface area contributed by atoms with Crippen LogP contribution < -0.4 is 16.0 Å². The highest BCUT2D eigenvalue weighted by Crippen LogP contribution is 2.06. The second kappa shape index (κ2) is 11.5. The SMILES string of the molecule is CCNC(=O)c1cccc(CN=C(NCC)NCCCOC)c1. The molecule has 0 aromatic heterocycles. The van der Waals surface area contributed by atoms with Crippen LogP contribution in [0.1, 0.15) is 36.2 Å². The number of amides is 1. The monoisotopic (exact) mass is 320 g/mol. The average Bonchev–Trinajstić information content (AvgIpc) is 2.57. The van der Waals surface area contributed by atoms with Crippen LogP contribution in [0.4, 0.5) is 0 Å². The minimum atomic E-state index is -0.0528. The lowest BCUT2D eigenvalue weighted by Gasteiger charge is -2.11. The third-order valence-corrected chi connectivity index (χ3v) is 3.11. The molecule has 0 radical (unpaired) electrons. The normalized spacial score (nSPS) is 11.2. The Kier molecular flexibility index (Phi) is 9.47. The van der Waals surface area contributed by atoms with E-state index < -0.39 is 0 Å². The fourth-order valence-electron chi connectivity index (χ4n) is 2.01. The molecule has 1 amide bonds. The van der Waals surface area contributed by atoms with Crippen molar-refractivity contribution >= 4 is 11.9 Å². The third kappa shape index (κ3) is 7.65. The van der Waals surface area contributed by atoms with Crippen LogP contribution in [-0.4, -0.2) is 45.2 Å². The van der Waals surface area contributed by atoms with Gasteiger partial charge in [-0.1, -0.05) is 12.1 Å². The predicted octanol–water partition coefficient (Wildman–Crippen LogP) is 1.53. The molecule has 0 aliphatic carbocycles. The highest BCUT2D eigenvalue weighted by Gasteiger charge is 2.04. The van der Waals surface area contributed by atoms with Crippen LogP contribution >= 0.6 is 0 Å². The summed E-state index contributed by atoms with van der Waals surface area (Å²) in [5.41, 5.74) is 1.67. The van der Waals surface area contributed by atoms with Gasteiger partial charge in [0.25, 0.3) is 5.91 Å². The molecule has 0 fully saturated rings. The van der Waals surface area contributed by atoms with E-state index in [4.69, 9.17) is 4.74 Å². The number of hydrogen-bond donors (Lipinski definition) is 3. The first kappa shape index (κ1) is 19.0. The Morgan fingerprint density at radius 3 is 2.65 bits per heavy atom. The summed E-state index contributed by atoms with van der Waals surface area (Å²) in [6.45, 7) is 7.41. The Morgan fingerprint density at radius 2 is 1.96 bits per heavy atom. The Morgan fingerprint density at radius 1 is 1.17 bits per heavy atom. The van der Waals surface area contributed by atoms with Crippen LogP contribution in [0.5, 0.6) is 0 Å². The lowest BCUT2D eigenvalue weighted by molar-refractivity contribution is 0.0955. The zero-order valence-corrected chi connectivity index (χ0v) is 14.3. The molecule has 0 saturated carbocycles. The van der Waals surface area contributed by atoms with Crippen molar-refractivity contribution in [1.29, 1.82) is 0 Å². The van der Waals surface area contributed by atoms with Crippen LogP contribution in [0.2, 0.25) is 0 Å². The Bertz CT molecular complexity index is 503. The van der Waals surface area contributed by atoms with Gasteiger partial charge in [0.05, 0.1) is 6.54 Å². The molecule has 1 rings (SSSR count). The Balaban J connectivity index is 2.63. The second-order valence-corrected chi connectivity index (χ2v) is 5.03. The highest BCUT2D eigenvalue weighted by molar-refractivity contribution is 5.94. The molecule has 6 heteroatoms. The number of hydrogen-bond acceptors (Lipinski definition) is 3. The topological polar surface area (TPSA) is 74.8 Å². The van der Waals surface area contributed by atoms with E-state index in [1.54, 1.807) is 7.11 Å². The van der Waals surface area contributed by atoms with Gasteiger partial charge in [0.15, 0.2) is 5.96 Å². The zero-order valence-electron chi connectivity index (χ0n) is 14.3. The fraction of sp³-hybridized carbons (Fsp3) is 0.529. The first-order chi connectivity index (χ1) is 11.2. The molecular formula is C17H28N4O2. The number of methoxy groups -OCH3 is 1. The standard InChI is InChI=1S/C17H28N4O2/c1-4-18-16(22)15-9-6-8-14(12-15)13-21-17(19-5-2)20-10-7-11-23-3/h6,8-9,12H,4-5,7,10-11,13H2,1-3H3,(H,18,22)(H2,19,20,21). The van der Waals surface area contributed by atoms with Gasteiger partial charge in [-0.15, -0.1) is 0 Å². The predicted molar refractivity (Wildman–Crippen MR) is 93.8 cm³/mol. The zero-order chi connectivity index (χ0) is 16.9. The Labute approximate surface area is 138 Å². The van der Waals surface area contributed by atoms with Crippen molar-refractivity contribution in [1.82, 2.24) is 16.0 Å². The van der Waals surface area contributed by atoms with E-state index in [1.807, 2.05) is 38.1 Å². The minimum Gasteiger partial charge on any atom is -0.385 e. The van der Waals surface area contributed by atoms with Crippen molar-refractivity contribution in [3.63, 3.8) is 0 Å². The van der Waals surface area contributed by atoms with Crippen molar-refractivity contribution in [2.24, 2.45) is 4.99 Å². The van der Waals surface area contributed by atoms with E-state index in [1.165, 1.54) is 0 Å². The van der Waals surface area contributed by atoms with Crippen molar-refractivity contribution in [2.75, 3.05) is 33.4 Å². The number of benzene rings is 1. The maximum Gasteiger partial charge on any atom is 0.251 e. The quantitative estimate of drug-likeness (QED) is 0.366. The number of carbonyl (C=O) groups excluding carboxylic acids is 1. The Hall–Kier alpha value is -2.08. The molecule has 0 aliphatic rings. The first-order valence-electron chi connectivity index (χ1n) is 8.09. The molecule has 1 aromatic rings. The summed E-state index contributed by atoms with van der Waals surface area (Å²) in [5, 5.41) is 9.27. The summed E-state index contributed by atoms with van der Waals surface area (Å²) >= 11 is 0. The summed E-state index contributed by atoms with van der Waals surface area (Å²) in [6, 6.07) is 7.55. The molecule has 23 heavy (non-hydrogen) atoms. The van der Waals surface area contributed by atoms with E-state index in [-0.39, 0.29) is 5.91 Å². The molecule has 1 aromatic carbocycles. The van der Waals surface area contributed by atoms with Crippen molar-refractivity contribution in [2.45, 2.75) is 26.8 Å². The molecule has 0 atom stereocenters. The lowest BCUT2D eigenvalue weighted by atomic mass is 10.1. The molecule has 3 N–H and O–H groups in total. The summed E-state index contributed by atoms with van der Waals surface area (Å²) in [4.78, 5) is 16.4. The smallest absolute Gasteiger partial charge is 0.251 e. The van der Waals surface area contributed by atoms with Crippen LogP contribution in [0.3, 0.4) is 0 Å². The third-order valence-electron chi connectivity index (χ3n) is 3.11. The maximum absolute atomic E-state index is 11.9. The summed E-state index contributed by atoms with van der Waals surface area (Å²) in [7, 11) is 1.70. The lowest BCUT2D eigenvalue weighted by Crippen LogP contribution is -2.38. The number of aliphatic imine (C=N–C) groups is 1. The van der Waals surface area contributed by atoms with Gasteiger partial charge < -0.3 is 20.7 Å². The van der Waals surface area contributed by atoms with Gasteiger partial charge in [0.2, 0.25) is 0 Å². The molecule has 0 heterocycles. The fourth-order valence-corrected chi connectivity index (χ4v) is 2.01. The van der Waals surface area contributed by atoms with Crippen molar-refractivity contribution < 1.29 is 9.53 Å². The molecule has 128 valence electrons. The molecule has 0 saturated heterocycles. The number of carbonyl (C=O) groups is 1. The van der Waals surface area contributed by atoms with Gasteiger partial charge in [0, 0.05) is 38.9 Å². The molecule has 0 aliphatic heterocycles. The van der Waals surface area contributed by atoms with Crippen molar-refractivity contribution in [3.05, 3.63) is 35.4 Å². The van der Waals surface area contributed by atoms with Gasteiger partial charge >= 0.3 is 0 Å². The van der Waals surface area contributed by atoms with E-state index in [0.717, 1.165) is 37.6 Å². The van der Waals surface area contributed by atoms with Crippen LogP contribution in [0, 0.1) is 0 Å². The first-order valence-corrected chi connectivity index (χ1v) is 8.09. The van der Waals surface area contributed by atoms with Gasteiger partial charge in [-0.2, -0.15) is 0 Å².